The minimum Gasteiger partial charge on any atom is -0.507 e. The Morgan fingerprint density at radius 3 is 1.55 bits per heavy atom. The lowest BCUT2D eigenvalue weighted by atomic mass is 10.0. The first-order valence-corrected chi connectivity index (χ1v) is 25.0. The second-order valence-corrected chi connectivity index (χ2v) is 19.4. The van der Waals surface area contributed by atoms with Crippen LogP contribution >= 0.6 is 11.6 Å². The van der Waals surface area contributed by atoms with Gasteiger partial charge in [0.2, 0.25) is 11.8 Å². The number of piperazine rings is 2. The zero-order chi connectivity index (χ0) is 55.7. The molecule has 1 N–H and O–H groups in total. The normalized spacial score (nSPS) is 15.7. The average Bonchev–Trinajstić information content (AvgIpc) is 3.45. The third-order valence-electron chi connectivity index (χ3n) is 13.5. The number of carbonyl (C=O) groups excluding carboxylic acids is 2. The van der Waals surface area contributed by atoms with Crippen LogP contribution < -0.4 is 21.2 Å². The van der Waals surface area contributed by atoms with Gasteiger partial charge in [-0.3, -0.25) is 19.6 Å². The maximum absolute atomic E-state index is 15.9. The summed E-state index contributed by atoms with van der Waals surface area (Å²) in [6.07, 6.45) is 9.10. The van der Waals surface area contributed by atoms with Crippen molar-refractivity contribution in [3.63, 3.8) is 0 Å². The van der Waals surface area contributed by atoms with E-state index >= 15 is 4.39 Å². The number of aromatic nitrogens is 8. The summed E-state index contributed by atoms with van der Waals surface area (Å²) in [6, 6.07) is 8.72. The summed E-state index contributed by atoms with van der Waals surface area (Å²) in [6.45, 7) is 28.2. The largest absolute Gasteiger partial charge is 0.507 e. The number of aromatic hydroxyl groups is 1. The van der Waals surface area contributed by atoms with Gasteiger partial charge in [-0.2, -0.15) is 9.97 Å². The zero-order valence-corrected chi connectivity index (χ0v) is 44.1. The van der Waals surface area contributed by atoms with Crippen LogP contribution in [0, 0.1) is 31.3 Å². The molecule has 0 bridgehead atoms. The van der Waals surface area contributed by atoms with E-state index in [1.165, 1.54) is 39.5 Å². The number of nitrogens with zero attached hydrogens (tertiary/aromatic N) is 12. The first-order valence-electron chi connectivity index (χ1n) is 24.7. The summed E-state index contributed by atoms with van der Waals surface area (Å²) in [4.78, 5) is 85.3. The molecule has 2 saturated heterocycles. The fourth-order valence-electron chi connectivity index (χ4n) is 9.73. The lowest BCUT2D eigenvalue weighted by Crippen LogP contribution is -2.54. The number of carbonyl (C=O) groups is 2. The second-order valence-electron chi connectivity index (χ2n) is 19.1. The van der Waals surface area contributed by atoms with Crippen molar-refractivity contribution in [3.8, 4) is 28.4 Å². The van der Waals surface area contributed by atoms with E-state index in [-0.39, 0.29) is 76.3 Å². The van der Waals surface area contributed by atoms with E-state index in [2.05, 4.69) is 56.2 Å². The quantitative estimate of drug-likeness (QED) is 0.0739. The molecule has 2 aliphatic rings. The first kappa shape index (κ1) is 54.7. The van der Waals surface area contributed by atoms with Crippen molar-refractivity contribution in [2.45, 2.75) is 65.5 Å². The Morgan fingerprint density at radius 1 is 0.662 bits per heavy atom. The summed E-state index contributed by atoms with van der Waals surface area (Å²) in [7, 11) is 0. The molecule has 0 aliphatic carbocycles. The number of aryl methyl sites for hydroxylation is 2. The minimum atomic E-state index is -0.918. The van der Waals surface area contributed by atoms with E-state index in [0.717, 1.165) is 17.7 Å². The number of anilines is 2. The average molecular weight is 1070 g/mol. The summed E-state index contributed by atoms with van der Waals surface area (Å²) in [5, 5.41) is 10.6. The van der Waals surface area contributed by atoms with Gasteiger partial charge in [0.15, 0.2) is 28.1 Å². The predicted octanol–water partition coefficient (Wildman–Crippen LogP) is 8.44. The van der Waals surface area contributed by atoms with E-state index in [0.29, 0.717) is 59.9 Å². The van der Waals surface area contributed by atoms with Crippen LogP contribution in [0.15, 0.2) is 115 Å². The van der Waals surface area contributed by atoms with Crippen molar-refractivity contribution in [3.05, 3.63) is 172 Å². The number of halogens is 4. The van der Waals surface area contributed by atoms with Gasteiger partial charge in [-0.05, 0) is 85.4 Å². The topological polar surface area (TPSA) is 189 Å². The third kappa shape index (κ3) is 10.3. The van der Waals surface area contributed by atoms with Crippen LogP contribution in [0.1, 0.15) is 62.0 Å². The molecule has 21 heteroatoms. The van der Waals surface area contributed by atoms with Crippen LogP contribution in [0.25, 0.3) is 44.7 Å². The number of phenolic OH excluding ortho intramolecular Hbond substituents is 1. The summed E-state index contributed by atoms with van der Waals surface area (Å²) in [5.41, 5.74) is 1.77. The Balaban J connectivity index is 0.000000207. The molecule has 77 heavy (non-hydrogen) atoms. The van der Waals surface area contributed by atoms with E-state index in [1.807, 2.05) is 46.4 Å². The molecule has 2 unspecified atom stereocenters. The molecule has 2 amide bonds. The third-order valence-corrected chi connectivity index (χ3v) is 13.8. The maximum Gasteiger partial charge on any atom is 0.355 e. The van der Waals surface area contributed by atoms with Gasteiger partial charge in [0.05, 0.1) is 51.2 Å². The van der Waals surface area contributed by atoms with Crippen molar-refractivity contribution < 1.29 is 27.9 Å². The Bertz CT molecular complexity index is 3660. The molecule has 2 aliphatic heterocycles. The van der Waals surface area contributed by atoms with Gasteiger partial charge < -0.3 is 24.7 Å². The Kier molecular flexibility index (Phi) is 15.9. The van der Waals surface area contributed by atoms with Gasteiger partial charge in [0.25, 0.3) is 0 Å². The Morgan fingerprint density at radius 2 is 1.12 bits per heavy atom. The molecule has 7 aromatic rings. The molecule has 0 saturated carbocycles. The second kappa shape index (κ2) is 22.4. The highest BCUT2D eigenvalue weighted by Gasteiger charge is 2.34. The molecule has 8 heterocycles. The van der Waals surface area contributed by atoms with Gasteiger partial charge in [0.1, 0.15) is 28.9 Å². The Labute approximate surface area is 446 Å². The standard InChI is InChI=1S/C31H30F2N6O3.C25H26ClFN6O2/c1-6-19-16-37(24(41)7-2)13-14-38(19)29-20-15-22(33)27(25-21(32)9-8-10-23(25)40)35-30(20)39(31(42)36-29)28-18(5)11-12-34-26(28)17(3)4;1-6-16-13-31(19(34)7-2)10-11-32(16)23-17-12-18(27)22(26)29-24(17)33(25(35)30-23)21-15(5)8-9-28-20(21)14(3)4/h6-12,15,17,19,40H,1-2,13-14,16H2,3-5H3;6-9,12,14,16H,1-2,10-11,13H2,3-5H3. The van der Waals surface area contributed by atoms with Gasteiger partial charge in [-0.25, -0.2) is 41.9 Å². The van der Waals surface area contributed by atoms with Gasteiger partial charge in [-0.15, -0.1) is 13.2 Å². The van der Waals surface area contributed by atoms with Crippen molar-refractivity contribution >= 4 is 57.1 Å². The predicted molar refractivity (Wildman–Crippen MR) is 292 cm³/mol. The summed E-state index contributed by atoms with van der Waals surface area (Å²) >= 11 is 6.08. The molecule has 2 atom stereocenters. The highest BCUT2D eigenvalue weighted by molar-refractivity contribution is 6.30. The lowest BCUT2D eigenvalue weighted by Gasteiger charge is -2.40. The monoisotopic (exact) mass is 1070 g/mol. The molecule has 398 valence electrons. The SMILES string of the molecule is C=CC(=O)N1CCN(c2nc(=O)n(-c3c(C)ccnc3C(C)C)c3nc(-c4c(O)cccc4F)c(F)cc23)C(C=C)C1.C=CC(=O)N1CCN(c2nc(=O)n(-c3c(C)ccnc3C(C)C)c3nc(Cl)c(F)cc23)C(C=C)C1. The molecular weight excluding hydrogens is 1010 g/mol. The molecule has 9 rings (SSSR count). The van der Waals surface area contributed by atoms with E-state index in [1.54, 1.807) is 51.4 Å². The number of amides is 2. The van der Waals surface area contributed by atoms with Crippen LogP contribution in [-0.4, -0.2) is 117 Å². The molecule has 2 fully saturated rings. The Hall–Kier alpha value is -8.52. The van der Waals surface area contributed by atoms with Crippen LogP contribution in [0.2, 0.25) is 5.15 Å². The number of fused-ring (bicyclic) bond motifs is 2. The van der Waals surface area contributed by atoms with Gasteiger partial charge in [-0.1, -0.05) is 70.7 Å². The highest BCUT2D eigenvalue weighted by Crippen LogP contribution is 2.38. The highest BCUT2D eigenvalue weighted by atomic mass is 35.5. The summed E-state index contributed by atoms with van der Waals surface area (Å²) in [5.74, 6) is -3.16. The lowest BCUT2D eigenvalue weighted by molar-refractivity contribution is -0.127. The number of phenols is 1. The van der Waals surface area contributed by atoms with Crippen molar-refractivity contribution in [2.24, 2.45) is 0 Å². The van der Waals surface area contributed by atoms with Crippen molar-refractivity contribution in [1.82, 2.24) is 48.8 Å². The van der Waals surface area contributed by atoms with Crippen molar-refractivity contribution in [2.75, 3.05) is 49.1 Å². The number of hydrogen-bond acceptors (Lipinski definition) is 13. The number of rotatable bonds is 11. The first-order chi connectivity index (χ1) is 36.7. The number of hydrogen-bond donors (Lipinski definition) is 1. The van der Waals surface area contributed by atoms with Gasteiger partial charge in [0, 0.05) is 51.7 Å². The minimum absolute atomic E-state index is 0.00284. The number of benzene rings is 1. The van der Waals surface area contributed by atoms with Gasteiger partial charge >= 0.3 is 11.4 Å². The smallest absolute Gasteiger partial charge is 0.355 e. The van der Waals surface area contributed by atoms with E-state index < -0.39 is 51.9 Å². The molecule has 1 aromatic carbocycles. The van der Waals surface area contributed by atoms with Crippen molar-refractivity contribution in [1.29, 1.82) is 0 Å². The fourth-order valence-corrected chi connectivity index (χ4v) is 9.87. The van der Waals surface area contributed by atoms with Crippen LogP contribution in [0.4, 0.5) is 24.8 Å². The molecule has 0 radical (unpaired) electrons. The molecular formula is C56H56ClF3N12O5. The molecule has 17 nitrogen and oxygen atoms in total. The van der Waals surface area contributed by atoms with E-state index in [4.69, 9.17) is 11.6 Å². The number of pyridine rings is 4. The fraction of sp³-hybridized carbons (Fsp3) is 0.286. The van der Waals surface area contributed by atoms with Crippen LogP contribution in [0.3, 0.4) is 0 Å². The van der Waals surface area contributed by atoms with E-state index in [9.17, 15) is 33.1 Å². The maximum atomic E-state index is 15.9. The summed E-state index contributed by atoms with van der Waals surface area (Å²) < 4.78 is 48.1. The zero-order valence-electron chi connectivity index (χ0n) is 43.3. The van der Waals surface area contributed by atoms with Crippen LogP contribution in [0.5, 0.6) is 5.75 Å². The molecule has 0 spiro atoms. The van der Waals surface area contributed by atoms with Crippen LogP contribution in [-0.2, 0) is 9.59 Å². The molecule has 6 aromatic heterocycles.